The summed E-state index contributed by atoms with van der Waals surface area (Å²) in [4.78, 5) is 16.8. The molecule has 3 aromatic rings. The molecule has 0 bridgehead atoms. The fourth-order valence-electron chi connectivity index (χ4n) is 2.87. The van der Waals surface area contributed by atoms with Gasteiger partial charge in [-0.2, -0.15) is 0 Å². The fraction of sp³-hybridized carbons (Fsp3) is 0.364. The summed E-state index contributed by atoms with van der Waals surface area (Å²) in [6.07, 6.45) is 2.02. The number of carbonyl (C=O) groups is 1. The number of nitrogens with zero attached hydrogens (tertiary/aromatic N) is 1. The molecule has 1 N–H and O–H groups in total. The van der Waals surface area contributed by atoms with Gasteiger partial charge in [-0.1, -0.05) is 38.2 Å². The average molecular weight is 525 g/mol. The molecular weight excluding hydrogens is 500 g/mol. The zero-order chi connectivity index (χ0) is 22.8. The molecule has 2 aromatic carbocycles. The van der Waals surface area contributed by atoms with E-state index in [1.54, 1.807) is 12.1 Å². The maximum absolute atomic E-state index is 12.2. The van der Waals surface area contributed by atoms with Crippen LogP contribution in [0.1, 0.15) is 39.2 Å². The number of benzene rings is 2. The first-order chi connectivity index (χ1) is 14.4. The van der Waals surface area contributed by atoms with Gasteiger partial charge in [0.1, 0.15) is 5.75 Å². The highest BCUT2D eigenvalue weighted by Gasteiger charge is 2.16. The Morgan fingerprint density at radius 2 is 1.94 bits per heavy atom. The quantitative estimate of drug-likeness (QED) is 0.409. The molecule has 0 fully saturated rings. The Morgan fingerprint density at radius 1 is 1.19 bits per heavy atom. The summed E-state index contributed by atoms with van der Waals surface area (Å²) >= 11 is 4.80. The molecule has 0 unspecified atom stereocenters. The highest BCUT2D eigenvalue weighted by Crippen LogP contribution is 2.32. The minimum absolute atomic E-state index is 0.0616. The molecule has 0 aliphatic carbocycles. The second-order valence-corrected chi connectivity index (χ2v) is 12.2. The van der Waals surface area contributed by atoms with Gasteiger partial charge < -0.3 is 10.1 Å². The number of nitrogens with one attached hydrogen (secondary N) is 1. The van der Waals surface area contributed by atoms with Gasteiger partial charge >= 0.3 is 0 Å². The summed E-state index contributed by atoms with van der Waals surface area (Å²) in [6, 6.07) is 10.8. The van der Waals surface area contributed by atoms with Crippen LogP contribution in [0, 0.1) is 0 Å². The van der Waals surface area contributed by atoms with Crippen molar-refractivity contribution in [1.29, 1.82) is 0 Å². The third kappa shape index (κ3) is 6.27. The number of thiazole rings is 1. The van der Waals surface area contributed by atoms with Crippen molar-refractivity contribution in [3.8, 4) is 5.75 Å². The molecule has 6 nitrogen and oxygen atoms in total. The zero-order valence-electron chi connectivity index (χ0n) is 17.9. The van der Waals surface area contributed by atoms with Crippen molar-refractivity contribution in [2.45, 2.75) is 43.9 Å². The van der Waals surface area contributed by atoms with Gasteiger partial charge in [-0.15, -0.1) is 0 Å². The maximum Gasteiger partial charge on any atom is 0.226 e. The van der Waals surface area contributed by atoms with Crippen LogP contribution >= 0.6 is 27.3 Å². The Morgan fingerprint density at radius 3 is 2.58 bits per heavy atom. The lowest BCUT2D eigenvalue weighted by Gasteiger charge is -2.20. The summed E-state index contributed by atoms with van der Waals surface area (Å²) < 4.78 is 30.8. The molecule has 0 radical (unpaired) electrons. The van der Waals surface area contributed by atoms with E-state index < -0.39 is 9.84 Å². The minimum Gasteiger partial charge on any atom is -0.492 e. The first kappa shape index (κ1) is 23.7. The number of anilines is 1. The summed E-state index contributed by atoms with van der Waals surface area (Å²) in [5.74, 6) is 0.592. The van der Waals surface area contributed by atoms with E-state index in [0.29, 0.717) is 34.8 Å². The Balaban J connectivity index is 1.52. The van der Waals surface area contributed by atoms with E-state index >= 15 is 0 Å². The monoisotopic (exact) mass is 524 g/mol. The molecule has 0 spiro atoms. The van der Waals surface area contributed by atoms with Crippen LogP contribution in [0.25, 0.3) is 10.2 Å². The van der Waals surface area contributed by atoms with Gasteiger partial charge in [-0.05, 0) is 63.7 Å². The highest BCUT2D eigenvalue weighted by atomic mass is 79.9. The van der Waals surface area contributed by atoms with Crippen LogP contribution in [0.3, 0.4) is 0 Å². The van der Waals surface area contributed by atoms with Gasteiger partial charge in [0, 0.05) is 12.7 Å². The summed E-state index contributed by atoms with van der Waals surface area (Å²) in [6.45, 7) is 6.89. The van der Waals surface area contributed by atoms with Crippen molar-refractivity contribution in [2.24, 2.45) is 0 Å². The predicted molar refractivity (Wildman–Crippen MR) is 129 cm³/mol. The molecule has 9 heteroatoms. The van der Waals surface area contributed by atoms with E-state index in [-0.39, 0.29) is 16.2 Å². The molecule has 0 saturated carbocycles. The molecular formula is C22H25BrN2O4S2. The van der Waals surface area contributed by atoms with Crippen molar-refractivity contribution in [3.63, 3.8) is 0 Å². The molecule has 0 atom stereocenters. The number of aromatic nitrogens is 1. The van der Waals surface area contributed by atoms with E-state index in [9.17, 15) is 13.2 Å². The molecule has 1 heterocycles. The number of amides is 1. The molecule has 0 aliphatic rings. The zero-order valence-corrected chi connectivity index (χ0v) is 21.1. The van der Waals surface area contributed by atoms with Crippen LogP contribution in [-0.4, -0.2) is 32.2 Å². The van der Waals surface area contributed by atoms with Crippen molar-refractivity contribution < 1.29 is 17.9 Å². The van der Waals surface area contributed by atoms with Gasteiger partial charge in [0.2, 0.25) is 5.91 Å². The first-order valence-corrected chi connectivity index (χ1v) is 13.3. The second kappa shape index (κ2) is 9.26. The molecule has 1 aromatic heterocycles. The third-order valence-corrected chi connectivity index (χ3v) is 7.30. The van der Waals surface area contributed by atoms with Crippen molar-refractivity contribution in [1.82, 2.24) is 4.98 Å². The van der Waals surface area contributed by atoms with Crippen LogP contribution in [0.5, 0.6) is 5.75 Å². The van der Waals surface area contributed by atoms with E-state index in [0.717, 1.165) is 16.5 Å². The maximum atomic E-state index is 12.2. The number of rotatable bonds is 7. The Kier molecular flexibility index (Phi) is 7.08. The smallest absolute Gasteiger partial charge is 0.226 e. The Bertz CT molecular complexity index is 1210. The number of carbonyl (C=O) groups excluding carboxylic acids is 1. The largest absolute Gasteiger partial charge is 0.492 e. The SMILES string of the molecule is CC(C)(C)c1ccc(OCCCC(=O)Nc2nc3ccc(S(C)(=O)=O)cc3s2)c(Br)c1. The molecule has 1 amide bonds. The topological polar surface area (TPSA) is 85.4 Å². The first-order valence-electron chi connectivity index (χ1n) is 9.77. The van der Waals surface area contributed by atoms with Gasteiger partial charge in [0.05, 0.1) is 26.2 Å². The minimum atomic E-state index is -3.28. The molecule has 3 rings (SSSR count). The van der Waals surface area contributed by atoms with Gasteiger partial charge in [0.25, 0.3) is 0 Å². The van der Waals surface area contributed by atoms with Crippen LogP contribution in [0.2, 0.25) is 0 Å². The lowest BCUT2D eigenvalue weighted by Crippen LogP contribution is -2.13. The van der Waals surface area contributed by atoms with Gasteiger partial charge in [-0.25, -0.2) is 13.4 Å². The fourth-order valence-corrected chi connectivity index (χ4v) is 5.01. The van der Waals surface area contributed by atoms with Gasteiger partial charge in [0.15, 0.2) is 15.0 Å². The van der Waals surface area contributed by atoms with Crippen LogP contribution < -0.4 is 10.1 Å². The lowest BCUT2D eigenvalue weighted by atomic mass is 9.87. The van der Waals surface area contributed by atoms with Crippen molar-refractivity contribution in [2.75, 3.05) is 18.2 Å². The second-order valence-electron chi connectivity index (χ2n) is 8.32. The number of fused-ring (bicyclic) bond motifs is 1. The standard InChI is InChI=1S/C22H25BrN2O4S2/c1-22(2,3)14-7-10-18(16(23)12-14)29-11-5-6-20(26)25-21-24-17-9-8-15(31(4,27)28)13-19(17)30-21/h7-10,12-13H,5-6,11H2,1-4H3,(H,24,25,26). The summed E-state index contributed by atoms with van der Waals surface area (Å²) in [7, 11) is -3.28. The molecule has 166 valence electrons. The number of sulfone groups is 1. The average Bonchev–Trinajstić information content (AvgIpc) is 3.06. The van der Waals surface area contributed by atoms with Crippen LogP contribution in [0.4, 0.5) is 5.13 Å². The summed E-state index contributed by atoms with van der Waals surface area (Å²) in [5, 5.41) is 3.23. The number of ether oxygens (including phenoxy) is 1. The normalized spacial score (nSPS) is 12.2. The summed E-state index contributed by atoms with van der Waals surface area (Å²) in [5.41, 5.74) is 1.93. The number of halogens is 1. The van der Waals surface area contributed by atoms with Gasteiger partial charge in [-0.3, -0.25) is 4.79 Å². The van der Waals surface area contributed by atoms with Crippen molar-refractivity contribution in [3.05, 3.63) is 46.4 Å². The Labute approximate surface area is 195 Å². The van der Waals surface area contributed by atoms with Crippen LogP contribution in [-0.2, 0) is 20.0 Å². The van der Waals surface area contributed by atoms with Crippen LogP contribution in [0.15, 0.2) is 45.8 Å². The van der Waals surface area contributed by atoms with E-state index in [1.165, 1.54) is 23.0 Å². The molecule has 0 saturated heterocycles. The van der Waals surface area contributed by atoms with E-state index in [4.69, 9.17) is 4.74 Å². The lowest BCUT2D eigenvalue weighted by molar-refractivity contribution is -0.116. The number of hydrogen-bond donors (Lipinski definition) is 1. The van der Waals surface area contributed by atoms with Crippen molar-refractivity contribution >= 4 is 58.4 Å². The Hall–Kier alpha value is -1.97. The predicted octanol–water partition coefficient (Wildman–Crippen LogP) is 5.56. The van der Waals surface area contributed by atoms with E-state index in [1.807, 2.05) is 6.07 Å². The molecule has 0 aliphatic heterocycles. The number of hydrogen-bond acceptors (Lipinski definition) is 6. The highest BCUT2D eigenvalue weighted by molar-refractivity contribution is 9.10. The third-order valence-electron chi connectivity index (χ3n) is 4.64. The van der Waals surface area contributed by atoms with E-state index in [2.05, 4.69) is 59.1 Å². The molecule has 31 heavy (non-hydrogen) atoms.